The van der Waals surface area contributed by atoms with E-state index in [0.717, 1.165) is 16.8 Å². The predicted octanol–water partition coefficient (Wildman–Crippen LogP) is 3.62. The largest absolute Gasteiger partial charge is 0.497 e. The Morgan fingerprint density at radius 2 is 1.50 bits per heavy atom. The van der Waals surface area contributed by atoms with Crippen molar-refractivity contribution in [1.82, 2.24) is 0 Å². The lowest BCUT2D eigenvalue weighted by Gasteiger charge is -2.32. The van der Waals surface area contributed by atoms with Crippen molar-refractivity contribution >= 4 is 29.6 Å². The van der Waals surface area contributed by atoms with Crippen LogP contribution in [0, 0.1) is 6.92 Å². The lowest BCUT2D eigenvalue weighted by atomic mass is 9.77. The van der Waals surface area contributed by atoms with Gasteiger partial charge in [0.2, 0.25) is 0 Å². The molecule has 4 nitrogen and oxygen atoms in total. The average molecular weight is 324 g/mol. The molecule has 1 saturated heterocycles. The Balaban J connectivity index is 1.93. The summed E-state index contributed by atoms with van der Waals surface area (Å²) in [6, 6.07) is 14.0. The van der Waals surface area contributed by atoms with Crippen LogP contribution in [0.4, 0.5) is 17.1 Å². The van der Waals surface area contributed by atoms with Crippen LogP contribution in [-0.4, -0.2) is 18.3 Å². The first-order valence-corrected chi connectivity index (χ1v) is 8.27. The van der Waals surface area contributed by atoms with Gasteiger partial charge in [-0.25, -0.2) is 0 Å². The Morgan fingerprint density at radius 3 is 2.08 bits per heavy atom. The molecule has 1 aliphatic rings. The summed E-state index contributed by atoms with van der Waals surface area (Å²) < 4.78 is 12.4. The van der Waals surface area contributed by atoms with Crippen LogP contribution >= 0.6 is 0 Å². The highest BCUT2D eigenvalue weighted by Gasteiger charge is 2.52. The fourth-order valence-corrected chi connectivity index (χ4v) is 2.65. The molecule has 1 fully saturated rings. The van der Waals surface area contributed by atoms with Gasteiger partial charge in [0.1, 0.15) is 0 Å². The zero-order chi connectivity index (χ0) is 17.5. The minimum Gasteiger partial charge on any atom is -0.399 e. The van der Waals surface area contributed by atoms with Crippen LogP contribution in [0.3, 0.4) is 0 Å². The fraction of sp³-hybridized carbons (Fsp3) is 0.368. The van der Waals surface area contributed by atoms with Crippen molar-refractivity contribution in [2.75, 3.05) is 11.1 Å². The highest BCUT2D eigenvalue weighted by Crippen LogP contribution is 2.37. The number of nitrogen functional groups attached to an aromatic ring is 1. The summed E-state index contributed by atoms with van der Waals surface area (Å²) in [5, 5.41) is 3.44. The monoisotopic (exact) mass is 324 g/mol. The summed E-state index contributed by atoms with van der Waals surface area (Å²) in [6.07, 6.45) is 0. The van der Waals surface area contributed by atoms with Crippen molar-refractivity contribution in [3.8, 4) is 0 Å². The molecular formula is C19H25BN2O2. The first-order chi connectivity index (χ1) is 11.2. The summed E-state index contributed by atoms with van der Waals surface area (Å²) in [4.78, 5) is 0. The van der Waals surface area contributed by atoms with Crippen molar-refractivity contribution in [1.29, 1.82) is 0 Å². The quantitative estimate of drug-likeness (QED) is 0.669. The van der Waals surface area contributed by atoms with Crippen LogP contribution in [0.2, 0.25) is 0 Å². The van der Waals surface area contributed by atoms with Crippen LogP contribution in [0.1, 0.15) is 33.3 Å². The zero-order valence-corrected chi connectivity index (χ0v) is 15.0. The number of hydrogen-bond acceptors (Lipinski definition) is 4. The predicted molar refractivity (Wildman–Crippen MR) is 101 cm³/mol. The van der Waals surface area contributed by atoms with Crippen LogP contribution in [0.5, 0.6) is 0 Å². The first kappa shape index (κ1) is 16.9. The van der Waals surface area contributed by atoms with Gasteiger partial charge in [-0.1, -0.05) is 17.7 Å². The van der Waals surface area contributed by atoms with Gasteiger partial charge < -0.3 is 20.4 Å². The average Bonchev–Trinajstić information content (AvgIpc) is 2.71. The van der Waals surface area contributed by atoms with Gasteiger partial charge in [0.25, 0.3) is 0 Å². The molecule has 3 N–H and O–H groups in total. The molecule has 0 spiro atoms. The van der Waals surface area contributed by atoms with Crippen LogP contribution in [-0.2, 0) is 9.31 Å². The molecule has 3 rings (SSSR count). The van der Waals surface area contributed by atoms with Gasteiger partial charge in [-0.05, 0) is 65.0 Å². The van der Waals surface area contributed by atoms with E-state index in [1.165, 1.54) is 5.56 Å². The van der Waals surface area contributed by atoms with Crippen molar-refractivity contribution < 1.29 is 9.31 Å². The maximum atomic E-state index is 6.18. The maximum Gasteiger partial charge on any atom is 0.497 e. The van der Waals surface area contributed by atoms with E-state index in [2.05, 4.69) is 36.5 Å². The normalized spacial score (nSPS) is 18.6. The summed E-state index contributed by atoms with van der Waals surface area (Å²) in [5.41, 5.74) is 10.0. The molecule has 2 aromatic rings. The van der Waals surface area contributed by atoms with Gasteiger partial charge in [0.15, 0.2) is 0 Å². The number of nitrogens with two attached hydrogens (primary N) is 1. The van der Waals surface area contributed by atoms with E-state index in [9.17, 15) is 0 Å². The summed E-state index contributed by atoms with van der Waals surface area (Å²) in [7, 11) is -0.452. The second kappa shape index (κ2) is 5.83. The zero-order valence-electron chi connectivity index (χ0n) is 15.0. The maximum absolute atomic E-state index is 6.18. The molecule has 0 amide bonds. The molecule has 0 saturated carbocycles. The Kier molecular flexibility index (Phi) is 4.10. The van der Waals surface area contributed by atoms with Gasteiger partial charge >= 0.3 is 7.12 Å². The number of anilines is 3. The topological polar surface area (TPSA) is 56.5 Å². The third kappa shape index (κ3) is 3.14. The highest BCUT2D eigenvalue weighted by molar-refractivity contribution is 6.64. The Morgan fingerprint density at radius 1 is 0.917 bits per heavy atom. The summed E-state index contributed by atoms with van der Waals surface area (Å²) in [6.45, 7) is 10.3. The number of nitrogens with one attached hydrogen (secondary N) is 1. The molecule has 0 radical (unpaired) electrons. The standard InChI is InChI=1S/C19H25BN2O2/c1-13-6-9-15(10-7-13)22-17-11-8-14(21)12-16(17)20-23-18(2,3)19(4,5)24-20/h6-12,22H,21H2,1-5H3. The van der Waals surface area contributed by atoms with Crippen LogP contribution in [0.25, 0.3) is 0 Å². The van der Waals surface area contributed by atoms with E-state index in [1.54, 1.807) is 0 Å². The Labute approximate surface area is 144 Å². The fourth-order valence-electron chi connectivity index (χ4n) is 2.65. The molecule has 0 unspecified atom stereocenters. The van der Waals surface area contributed by atoms with E-state index in [0.29, 0.717) is 5.69 Å². The molecule has 2 aromatic carbocycles. The second-order valence-electron chi connectivity index (χ2n) is 7.43. The van der Waals surface area contributed by atoms with Crippen molar-refractivity contribution in [3.05, 3.63) is 48.0 Å². The minimum absolute atomic E-state index is 0.386. The van der Waals surface area contributed by atoms with Crippen LogP contribution in [0.15, 0.2) is 42.5 Å². The third-order valence-electron chi connectivity index (χ3n) is 4.91. The van der Waals surface area contributed by atoms with Gasteiger partial charge in [0.05, 0.1) is 11.2 Å². The van der Waals surface area contributed by atoms with Gasteiger partial charge in [-0.3, -0.25) is 0 Å². The number of rotatable bonds is 3. The summed E-state index contributed by atoms with van der Waals surface area (Å²) >= 11 is 0. The molecule has 0 aromatic heterocycles. The number of hydrogen-bond donors (Lipinski definition) is 2. The molecule has 24 heavy (non-hydrogen) atoms. The van der Waals surface area contributed by atoms with E-state index >= 15 is 0 Å². The van der Waals surface area contributed by atoms with E-state index in [4.69, 9.17) is 15.0 Å². The second-order valence-corrected chi connectivity index (χ2v) is 7.43. The van der Waals surface area contributed by atoms with Crippen LogP contribution < -0.4 is 16.5 Å². The molecule has 5 heteroatoms. The smallest absolute Gasteiger partial charge is 0.399 e. The van der Waals surface area contributed by atoms with Gasteiger partial charge in [0, 0.05) is 22.5 Å². The van der Waals surface area contributed by atoms with Gasteiger partial charge in [-0.2, -0.15) is 0 Å². The molecule has 0 bridgehead atoms. The van der Waals surface area contributed by atoms with E-state index < -0.39 is 7.12 Å². The van der Waals surface area contributed by atoms with E-state index in [-0.39, 0.29) is 11.2 Å². The van der Waals surface area contributed by atoms with Crippen molar-refractivity contribution in [2.24, 2.45) is 0 Å². The Hall–Kier alpha value is -1.98. The molecule has 1 aliphatic heterocycles. The lowest BCUT2D eigenvalue weighted by molar-refractivity contribution is 0.00578. The van der Waals surface area contributed by atoms with Gasteiger partial charge in [-0.15, -0.1) is 0 Å². The lowest BCUT2D eigenvalue weighted by Crippen LogP contribution is -2.41. The highest BCUT2D eigenvalue weighted by atomic mass is 16.7. The SMILES string of the molecule is Cc1ccc(Nc2ccc(N)cc2B2OC(C)(C)C(C)(C)O2)cc1. The molecule has 0 aliphatic carbocycles. The molecule has 1 heterocycles. The number of benzene rings is 2. The van der Waals surface area contributed by atoms with Crippen molar-refractivity contribution in [2.45, 2.75) is 45.8 Å². The molecule has 126 valence electrons. The molecule has 0 atom stereocenters. The first-order valence-electron chi connectivity index (χ1n) is 8.27. The Bertz CT molecular complexity index is 726. The van der Waals surface area contributed by atoms with E-state index in [1.807, 2.05) is 45.9 Å². The third-order valence-corrected chi connectivity index (χ3v) is 4.91. The number of aryl methyl sites for hydroxylation is 1. The summed E-state index contributed by atoms with van der Waals surface area (Å²) in [5.74, 6) is 0. The van der Waals surface area contributed by atoms with Crippen molar-refractivity contribution in [3.63, 3.8) is 0 Å². The minimum atomic E-state index is -0.452. The molecular weight excluding hydrogens is 299 g/mol.